The van der Waals surface area contributed by atoms with Crippen LogP contribution >= 0.6 is 0 Å². The summed E-state index contributed by atoms with van der Waals surface area (Å²) in [7, 11) is 0. The molecular weight excluding hydrogens is 420 g/mol. The fraction of sp³-hybridized carbons (Fsp3) is 0.407. The van der Waals surface area contributed by atoms with Crippen LogP contribution in [0.2, 0.25) is 0 Å². The molecule has 2 aliphatic rings. The van der Waals surface area contributed by atoms with E-state index in [9.17, 15) is 13.6 Å². The third kappa shape index (κ3) is 6.27. The van der Waals surface area contributed by atoms with E-state index in [1.165, 1.54) is 35.4 Å². The molecule has 4 nitrogen and oxygen atoms in total. The average molecular weight is 450 g/mol. The molecule has 1 N–H and O–H groups in total. The number of nitrogens with zero attached hydrogens (tertiary/aromatic N) is 2. The van der Waals surface area contributed by atoms with Crippen LogP contribution in [0.25, 0.3) is 6.08 Å². The van der Waals surface area contributed by atoms with Gasteiger partial charge in [-0.25, -0.2) is 8.78 Å². The van der Waals surface area contributed by atoms with Crippen molar-refractivity contribution in [3.05, 3.63) is 76.4 Å². The van der Waals surface area contributed by atoms with Crippen LogP contribution in [0.15, 0.2) is 42.5 Å². The molecule has 172 valence electrons. The van der Waals surface area contributed by atoms with Gasteiger partial charge in [0.2, 0.25) is 5.91 Å². The van der Waals surface area contributed by atoms with E-state index in [1.807, 2.05) is 12.1 Å². The first-order valence-corrected chi connectivity index (χ1v) is 11.7. The molecule has 0 spiro atoms. The van der Waals surface area contributed by atoms with Crippen LogP contribution in [0.5, 0.6) is 0 Å². The Labute approximate surface area is 193 Å². The van der Waals surface area contributed by atoms with E-state index < -0.39 is 11.6 Å². The number of rotatable bonds is 6. The highest BCUT2D eigenvalue weighted by molar-refractivity contribution is 5.91. The fourth-order valence-corrected chi connectivity index (χ4v) is 4.88. The minimum atomic E-state index is -0.677. The molecule has 0 radical (unpaired) electrons. The first kappa shape index (κ1) is 23.1. The number of halogens is 2. The molecule has 1 heterocycles. The quantitative estimate of drug-likeness (QED) is 0.634. The van der Waals surface area contributed by atoms with Crippen molar-refractivity contribution in [3.63, 3.8) is 0 Å². The molecule has 0 aromatic heterocycles. The molecule has 33 heavy (non-hydrogen) atoms. The standard InChI is InChI=1S/C27H29F2N3O/c28-24-7-5-21(26(29)16-24)6-10-27(33)31-25-8-2-19(3-9-25)11-13-32-14-12-22-15-20(17-30)1-4-23(22)18-32/h1,4-7,10,15-16,19,25H,2-3,8-9,11-14,18H2,(H,31,33)/b10-6+. The molecule has 1 fully saturated rings. The van der Waals surface area contributed by atoms with E-state index in [2.05, 4.69) is 22.4 Å². The highest BCUT2D eigenvalue weighted by Gasteiger charge is 2.23. The van der Waals surface area contributed by atoms with Gasteiger partial charge in [-0.05, 0) is 92.5 Å². The Morgan fingerprint density at radius 3 is 2.70 bits per heavy atom. The Kier molecular flexibility index (Phi) is 7.51. The summed E-state index contributed by atoms with van der Waals surface area (Å²) in [4.78, 5) is 14.7. The molecule has 1 saturated carbocycles. The summed E-state index contributed by atoms with van der Waals surface area (Å²) in [5.41, 5.74) is 3.57. The molecule has 0 unspecified atom stereocenters. The van der Waals surface area contributed by atoms with Crippen molar-refractivity contribution in [2.45, 2.75) is 51.1 Å². The normalized spacial score (nSPS) is 20.9. The highest BCUT2D eigenvalue weighted by atomic mass is 19.1. The second-order valence-electron chi connectivity index (χ2n) is 9.14. The topological polar surface area (TPSA) is 56.1 Å². The SMILES string of the molecule is N#Cc1ccc2c(c1)CCN(CCC1CCC(NC(=O)/C=C/c3ccc(F)cc3F)CC1)C2. The minimum Gasteiger partial charge on any atom is -0.350 e. The summed E-state index contributed by atoms with van der Waals surface area (Å²) in [6.07, 6.45) is 8.96. The number of carbonyl (C=O) groups excluding carboxylic acids is 1. The maximum atomic E-state index is 13.7. The number of fused-ring (bicyclic) bond motifs is 1. The van der Waals surface area contributed by atoms with Crippen molar-refractivity contribution in [1.29, 1.82) is 5.26 Å². The van der Waals surface area contributed by atoms with Gasteiger partial charge in [0.1, 0.15) is 11.6 Å². The predicted molar refractivity (Wildman–Crippen MR) is 124 cm³/mol. The van der Waals surface area contributed by atoms with Gasteiger partial charge in [0.25, 0.3) is 0 Å². The minimum absolute atomic E-state index is 0.146. The summed E-state index contributed by atoms with van der Waals surface area (Å²) in [6, 6.07) is 11.7. The summed E-state index contributed by atoms with van der Waals surface area (Å²) < 4.78 is 26.7. The summed E-state index contributed by atoms with van der Waals surface area (Å²) in [5.74, 6) is -0.882. The van der Waals surface area contributed by atoms with Gasteiger partial charge in [0.15, 0.2) is 0 Å². The van der Waals surface area contributed by atoms with E-state index in [4.69, 9.17) is 5.26 Å². The Morgan fingerprint density at radius 1 is 1.12 bits per heavy atom. The number of hydrogen-bond donors (Lipinski definition) is 1. The van der Waals surface area contributed by atoms with Crippen LogP contribution < -0.4 is 5.32 Å². The molecule has 0 bridgehead atoms. The number of carbonyl (C=O) groups is 1. The van der Waals surface area contributed by atoms with Gasteiger partial charge in [-0.2, -0.15) is 5.26 Å². The van der Waals surface area contributed by atoms with Gasteiger partial charge >= 0.3 is 0 Å². The van der Waals surface area contributed by atoms with Crippen LogP contribution in [0.4, 0.5) is 8.78 Å². The lowest BCUT2D eigenvalue weighted by Gasteiger charge is -2.33. The van der Waals surface area contributed by atoms with Crippen molar-refractivity contribution in [1.82, 2.24) is 10.2 Å². The highest BCUT2D eigenvalue weighted by Crippen LogP contribution is 2.28. The molecule has 0 atom stereocenters. The Balaban J connectivity index is 1.17. The summed E-state index contributed by atoms with van der Waals surface area (Å²) >= 11 is 0. The first-order chi connectivity index (χ1) is 16.0. The van der Waals surface area contributed by atoms with Crippen LogP contribution in [0, 0.1) is 28.9 Å². The van der Waals surface area contributed by atoms with E-state index in [-0.39, 0.29) is 17.5 Å². The third-order valence-electron chi connectivity index (χ3n) is 6.85. The van der Waals surface area contributed by atoms with Gasteiger partial charge in [-0.15, -0.1) is 0 Å². The molecule has 1 aliphatic heterocycles. The van der Waals surface area contributed by atoms with Gasteiger partial charge in [-0.1, -0.05) is 6.07 Å². The lowest BCUT2D eigenvalue weighted by molar-refractivity contribution is -0.117. The summed E-state index contributed by atoms with van der Waals surface area (Å²) in [6.45, 7) is 3.06. The van der Waals surface area contributed by atoms with Crippen molar-refractivity contribution in [2.24, 2.45) is 5.92 Å². The molecular formula is C27H29F2N3O. The monoisotopic (exact) mass is 449 g/mol. The van der Waals surface area contributed by atoms with Crippen molar-refractivity contribution >= 4 is 12.0 Å². The first-order valence-electron chi connectivity index (χ1n) is 11.7. The smallest absolute Gasteiger partial charge is 0.244 e. The van der Waals surface area contributed by atoms with Crippen molar-refractivity contribution in [2.75, 3.05) is 13.1 Å². The zero-order chi connectivity index (χ0) is 23.2. The van der Waals surface area contributed by atoms with Crippen LogP contribution in [-0.2, 0) is 17.8 Å². The maximum Gasteiger partial charge on any atom is 0.244 e. The maximum absolute atomic E-state index is 13.7. The number of amides is 1. The average Bonchev–Trinajstić information content (AvgIpc) is 2.82. The molecule has 0 saturated heterocycles. The number of nitrogens with one attached hydrogen (secondary N) is 1. The molecule has 1 amide bonds. The zero-order valence-corrected chi connectivity index (χ0v) is 18.7. The second-order valence-corrected chi connectivity index (χ2v) is 9.14. The van der Waals surface area contributed by atoms with Crippen LogP contribution in [-0.4, -0.2) is 29.9 Å². The molecule has 4 rings (SSSR count). The van der Waals surface area contributed by atoms with Crippen LogP contribution in [0.3, 0.4) is 0 Å². The van der Waals surface area contributed by atoms with Gasteiger partial charge < -0.3 is 5.32 Å². The number of nitriles is 1. The largest absolute Gasteiger partial charge is 0.350 e. The molecule has 6 heteroatoms. The van der Waals surface area contributed by atoms with Gasteiger partial charge in [0.05, 0.1) is 11.6 Å². The Hall–Kier alpha value is -3.04. The Morgan fingerprint density at radius 2 is 1.94 bits per heavy atom. The Bertz CT molecular complexity index is 1070. The summed E-state index contributed by atoms with van der Waals surface area (Å²) in [5, 5.41) is 12.1. The predicted octanol–water partition coefficient (Wildman–Crippen LogP) is 4.97. The van der Waals surface area contributed by atoms with Crippen molar-refractivity contribution in [3.8, 4) is 6.07 Å². The van der Waals surface area contributed by atoms with E-state index >= 15 is 0 Å². The van der Waals surface area contributed by atoms with Crippen LogP contribution in [0.1, 0.15) is 54.4 Å². The number of benzene rings is 2. The van der Waals surface area contributed by atoms with E-state index in [0.717, 1.165) is 69.8 Å². The molecule has 2 aromatic carbocycles. The third-order valence-corrected chi connectivity index (χ3v) is 6.85. The van der Waals surface area contributed by atoms with Crippen molar-refractivity contribution < 1.29 is 13.6 Å². The van der Waals surface area contributed by atoms with E-state index in [1.54, 1.807) is 0 Å². The molecule has 2 aromatic rings. The number of hydrogen-bond acceptors (Lipinski definition) is 3. The molecule has 1 aliphatic carbocycles. The van der Waals surface area contributed by atoms with Gasteiger partial charge in [-0.3, -0.25) is 9.69 Å². The fourth-order valence-electron chi connectivity index (χ4n) is 4.88. The van der Waals surface area contributed by atoms with E-state index in [0.29, 0.717) is 5.92 Å². The lowest BCUT2D eigenvalue weighted by atomic mass is 9.84. The second kappa shape index (κ2) is 10.7. The zero-order valence-electron chi connectivity index (χ0n) is 18.7. The van der Waals surface area contributed by atoms with Gasteiger partial charge in [0, 0.05) is 36.8 Å². The lowest BCUT2D eigenvalue weighted by Crippen LogP contribution is -2.37.